The summed E-state index contributed by atoms with van der Waals surface area (Å²) in [7, 11) is 0. The lowest BCUT2D eigenvalue weighted by atomic mass is 9.41. The Morgan fingerprint density at radius 3 is 2.34 bits per heavy atom. The van der Waals surface area contributed by atoms with Crippen molar-refractivity contribution in [1.29, 1.82) is 0 Å². The fourth-order valence-electron chi connectivity index (χ4n) is 13.7. The standard InChI is InChI=1S/C38H61NO8/c1-32(2)24-10-11-25-36(7)30(41)28-22(8-9-23(46-28)29(40)33(3,4)43)35(36,6)14-15-38(25)19-37(24,38)13-12-26(32)47-27-18-39(16-17-45-27)31(42)34(5)20-44-21-34/h22-30,40-41,43H,8-21H2,1-7H3. The smallest absolute Gasteiger partial charge is 0.233 e. The van der Waals surface area contributed by atoms with Gasteiger partial charge in [0, 0.05) is 12.0 Å². The monoisotopic (exact) mass is 659 g/mol. The first-order valence-corrected chi connectivity index (χ1v) is 18.8. The quantitative estimate of drug-likeness (QED) is 0.400. The Hall–Kier alpha value is -0.810. The summed E-state index contributed by atoms with van der Waals surface area (Å²) in [4.78, 5) is 15.2. The number of ether oxygens (including phenoxy) is 4. The molecule has 0 radical (unpaired) electrons. The van der Waals surface area contributed by atoms with Crippen LogP contribution in [0.4, 0.5) is 0 Å². The van der Waals surface area contributed by atoms with Gasteiger partial charge in [-0.2, -0.15) is 0 Å². The summed E-state index contributed by atoms with van der Waals surface area (Å²) in [6, 6.07) is 0. The number of aliphatic hydroxyl groups excluding tert-OH is 2. The third-order valence-electron chi connectivity index (χ3n) is 16.5. The van der Waals surface area contributed by atoms with Crippen LogP contribution in [-0.4, -0.2) is 101 Å². The Morgan fingerprint density at radius 1 is 0.957 bits per heavy atom. The summed E-state index contributed by atoms with van der Waals surface area (Å²) >= 11 is 0. The van der Waals surface area contributed by atoms with Crippen molar-refractivity contribution in [3.63, 3.8) is 0 Å². The molecule has 0 aromatic rings. The van der Waals surface area contributed by atoms with Gasteiger partial charge in [0.05, 0.1) is 61.8 Å². The number of carbonyl (C=O) groups is 1. The number of morpholine rings is 1. The average Bonchev–Trinajstić information content (AvgIpc) is 3.65. The maximum atomic E-state index is 13.2. The number of carbonyl (C=O) groups excluding carboxylic acids is 1. The highest BCUT2D eigenvalue weighted by atomic mass is 16.7. The van der Waals surface area contributed by atoms with E-state index in [-0.39, 0.29) is 51.1 Å². The van der Waals surface area contributed by atoms with Gasteiger partial charge in [-0.3, -0.25) is 4.79 Å². The summed E-state index contributed by atoms with van der Waals surface area (Å²) < 4.78 is 24.9. The van der Waals surface area contributed by atoms with Crippen LogP contribution >= 0.6 is 0 Å². The summed E-state index contributed by atoms with van der Waals surface area (Å²) in [6.07, 6.45) is 6.99. The molecule has 3 heterocycles. The Kier molecular flexibility index (Phi) is 7.37. The van der Waals surface area contributed by atoms with Crippen molar-refractivity contribution < 1.29 is 39.1 Å². The Balaban J connectivity index is 0.995. The minimum absolute atomic E-state index is 0.0194. The van der Waals surface area contributed by atoms with Crippen LogP contribution in [0.25, 0.3) is 0 Å². The van der Waals surface area contributed by atoms with Crippen LogP contribution in [0.1, 0.15) is 106 Å². The second-order valence-electron chi connectivity index (χ2n) is 19.3. The van der Waals surface area contributed by atoms with E-state index < -0.39 is 35.6 Å². The molecule has 8 fully saturated rings. The van der Waals surface area contributed by atoms with Gasteiger partial charge in [0.2, 0.25) is 5.91 Å². The molecular weight excluding hydrogens is 598 g/mol. The first-order valence-electron chi connectivity index (χ1n) is 18.8. The lowest BCUT2D eigenvalue weighted by Gasteiger charge is -2.63. The van der Waals surface area contributed by atoms with E-state index in [4.69, 9.17) is 18.9 Å². The highest BCUT2D eigenvalue weighted by Gasteiger charge is 2.84. The largest absolute Gasteiger partial charge is 0.390 e. The van der Waals surface area contributed by atoms with Crippen LogP contribution in [0.3, 0.4) is 0 Å². The van der Waals surface area contributed by atoms with Crippen LogP contribution in [0, 0.1) is 50.2 Å². The molecule has 0 bridgehead atoms. The van der Waals surface area contributed by atoms with E-state index in [1.54, 1.807) is 13.8 Å². The summed E-state index contributed by atoms with van der Waals surface area (Å²) in [5.41, 5.74) is -1.43. The van der Waals surface area contributed by atoms with Gasteiger partial charge in [0.15, 0.2) is 6.29 Å². The van der Waals surface area contributed by atoms with Crippen LogP contribution in [0.5, 0.6) is 0 Å². The van der Waals surface area contributed by atoms with Gasteiger partial charge in [-0.25, -0.2) is 0 Å². The minimum atomic E-state index is -1.25. The van der Waals surface area contributed by atoms with E-state index in [1.165, 1.54) is 12.8 Å². The van der Waals surface area contributed by atoms with Crippen molar-refractivity contribution in [2.24, 2.45) is 50.2 Å². The number of nitrogens with zero attached hydrogens (tertiary/aromatic N) is 1. The number of aliphatic hydroxyl groups is 3. The molecule has 5 saturated carbocycles. The molecule has 8 aliphatic rings. The molecule has 9 heteroatoms. The number of rotatable bonds is 5. The van der Waals surface area contributed by atoms with Gasteiger partial charge in [0.1, 0.15) is 6.10 Å². The van der Waals surface area contributed by atoms with Crippen molar-refractivity contribution >= 4 is 5.91 Å². The molecule has 3 N–H and O–H groups in total. The zero-order valence-electron chi connectivity index (χ0n) is 29.9. The van der Waals surface area contributed by atoms with E-state index in [0.717, 1.165) is 38.5 Å². The zero-order chi connectivity index (χ0) is 33.6. The van der Waals surface area contributed by atoms with E-state index in [2.05, 4.69) is 27.7 Å². The van der Waals surface area contributed by atoms with Gasteiger partial charge < -0.3 is 39.2 Å². The van der Waals surface area contributed by atoms with Crippen molar-refractivity contribution in [3.8, 4) is 0 Å². The van der Waals surface area contributed by atoms with Crippen LogP contribution in [0.15, 0.2) is 0 Å². The normalized spacial score (nSPS) is 51.7. The van der Waals surface area contributed by atoms with Gasteiger partial charge in [0.25, 0.3) is 0 Å². The van der Waals surface area contributed by atoms with Crippen molar-refractivity contribution in [1.82, 2.24) is 4.90 Å². The van der Waals surface area contributed by atoms with E-state index >= 15 is 0 Å². The molecule has 0 aromatic heterocycles. The first-order chi connectivity index (χ1) is 21.9. The molecule has 5 aliphatic carbocycles. The highest BCUT2D eigenvalue weighted by Crippen LogP contribution is 2.89. The molecule has 2 spiro atoms. The molecule has 47 heavy (non-hydrogen) atoms. The van der Waals surface area contributed by atoms with E-state index in [0.29, 0.717) is 51.2 Å². The second-order valence-corrected chi connectivity index (χ2v) is 19.3. The molecule has 1 amide bonds. The second kappa shape index (κ2) is 10.4. The Morgan fingerprint density at radius 2 is 1.66 bits per heavy atom. The third kappa shape index (κ3) is 4.29. The molecule has 266 valence electrons. The number of hydrogen-bond donors (Lipinski definition) is 3. The molecule has 13 atom stereocenters. The molecule has 13 unspecified atom stereocenters. The van der Waals surface area contributed by atoms with Crippen LogP contribution in [-0.2, 0) is 23.7 Å². The van der Waals surface area contributed by atoms with Gasteiger partial charge in [-0.1, -0.05) is 27.7 Å². The Bertz CT molecular complexity index is 1280. The van der Waals surface area contributed by atoms with E-state index in [9.17, 15) is 20.1 Å². The maximum Gasteiger partial charge on any atom is 0.233 e. The molecular formula is C38H61NO8. The molecule has 3 saturated heterocycles. The fraction of sp³-hybridized carbons (Fsp3) is 0.974. The zero-order valence-corrected chi connectivity index (χ0v) is 29.9. The third-order valence-corrected chi connectivity index (χ3v) is 16.5. The predicted molar refractivity (Wildman–Crippen MR) is 174 cm³/mol. The van der Waals surface area contributed by atoms with Gasteiger partial charge in [-0.15, -0.1) is 0 Å². The Labute approximate surface area is 281 Å². The van der Waals surface area contributed by atoms with Gasteiger partial charge >= 0.3 is 0 Å². The number of fused-ring (bicyclic) bond motifs is 4. The maximum absolute atomic E-state index is 13.2. The average molecular weight is 660 g/mol. The summed E-state index contributed by atoms with van der Waals surface area (Å²) in [5.74, 6) is 1.41. The number of hydrogen-bond acceptors (Lipinski definition) is 8. The topological polar surface area (TPSA) is 118 Å². The summed E-state index contributed by atoms with van der Waals surface area (Å²) in [6.45, 7) is 17.5. The number of amides is 1. The molecule has 8 rings (SSSR count). The van der Waals surface area contributed by atoms with Crippen molar-refractivity contribution in [2.45, 2.75) is 149 Å². The lowest BCUT2D eigenvalue weighted by Crippen LogP contribution is -2.60. The molecule has 9 nitrogen and oxygen atoms in total. The summed E-state index contributed by atoms with van der Waals surface area (Å²) in [5, 5.41) is 33.8. The predicted octanol–water partition coefficient (Wildman–Crippen LogP) is 4.29. The minimum Gasteiger partial charge on any atom is -0.390 e. The van der Waals surface area contributed by atoms with Crippen LogP contribution < -0.4 is 0 Å². The molecule has 3 aliphatic heterocycles. The van der Waals surface area contributed by atoms with Gasteiger partial charge in [-0.05, 0) is 118 Å². The fourth-order valence-corrected chi connectivity index (χ4v) is 13.7. The van der Waals surface area contributed by atoms with E-state index in [1.807, 2.05) is 11.8 Å². The SMILES string of the molecule is CC1(C(=O)N2CCOC(OC3CCC45CC46CCC4(C)C7CCC(C(O)C(C)(C)O)OC7C(O)C4(C)C6CCC5C3(C)C)C2)COC1. The molecule has 0 aromatic carbocycles. The van der Waals surface area contributed by atoms with Crippen molar-refractivity contribution in [3.05, 3.63) is 0 Å². The van der Waals surface area contributed by atoms with Crippen LogP contribution in [0.2, 0.25) is 0 Å². The highest BCUT2D eigenvalue weighted by molar-refractivity contribution is 5.83. The van der Waals surface area contributed by atoms with Crippen molar-refractivity contribution in [2.75, 3.05) is 32.9 Å². The lowest BCUT2D eigenvalue weighted by molar-refractivity contribution is -0.250. The first kappa shape index (κ1) is 33.3.